The summed E-state index contributed by atoms with van der Waals surface area (Å²) in [6.07, 6.45) is 4.53. The lowest BCUT2D eigenvalue weighted by atomic mass is 9.83. The summed E-state index contributed by atoms with van der Waals surface area (Å²) in [6, 6.07) is 14.2. The molecule has 3 aromatic rings. The molecule has 0 unspecified atom stereocenters. The molecule has 0 bridgehead atoms. The van der Waals surface area contributed by atoms with Crippen LogP contribution in [0.2, 0.25) is 0 Å². The molecule has 0 radical (unpaired) electrons. The van der Waals surface area contributed by atoms with Gasteiger partial charge in [-0.3, -0.25) is 9.52 Å². The standard InChI is InChI=1S/C25H28N2O4S/c1-16(17-8-10-20(11-9-17)27-32(5,30)31)13-18-14-19(25(2,3)4)15-22(23(18)28)21-7-6-12-26-24(21)29/h6-15,27-28H,1-5H3,(H,26,29)/b16-13-. The number of phenolic OH excluding ortho intramolecular Hbond substituents is 1. The molecule has 6 nitrogen and oxygen atoms in total. The molecular weight excluding hydrogens is 424 g/mol. The first-order chi connectivity index (χ1) is 14.8. The molecule has 168 valence electrons. The minimum atomic E-state index is -3.34. The number of aromatic amines is 1. The van der Waals surface area contributed by atoms with E-state index in [9.17, 15) is 18.3 Å². The van der Waals surface area contributed by atoms with Crippen LogP contribution in [0.25, 0.3) is 22.8 Å². The zero-order chi connectivity index (χ0) is 23.7. The number of nitrogens with one attached hydrogen (secondary N) is 2. The second-order valence-electron chi connectivity index (χ2n) is 8.90. The van der Waals surface area contributed by atoms with E-state index < -0.39 is 10.0 Å². The van der Waals surface area contributed by atoms with Gasteiger partial charge in [-0.1, -0.05) is 32.9 Å². The lowest BCUT2D eigenvalue weighted by Gasteiger charge is -2.22. The SMILES string of the molecule is C/C(=C/c1cc(C(C)(C)C)cc(-c2ccc[nH]c2=O)c1O)c1ccc(NS(C)(=O)=O)cc1. The van der Waals surface area contributed by atoms with Crippen molar-refractivity contribution >= 4 is 27.4 Å². The molecule has 0 amide bonds. The number of benzene rings is 2. The van der Waals surface area contributed by atoms with Crippen molar-refractivity contribution in [3.8, 4) is 16.9 Å². The maximum absolute atomic E-state index is 12.4. The van der Waals surface area contributed by atoms with Gasteiger partial charge in [-0.15, -0.1) is 0 Å². The van der Waals surface area contributed by atoms with Crippen LogP contribution in [-0.2, 0) is 15.4 Å². The summed E-state index contributed by atoms with van der Waals surface area (Å²) in [5, 5.41) is 11.1. The Morgan fingerprint density at radius 3 is 2.28 bits per heavy atom. The molecule has 3 N–H and O–H groups in total. The van der Waals surface area contributed by atoms with E-state index in [0.29, 0.717) is 22.4 Å². The second kappa shape index (κ2) is 8.67. The van der Waals surface area contributed by atoms with E-state index in [0.717, 1.165) is 23.0 Å². The Bertz CT molecular complexity index is 1330. The molecule has 2 aromatic carbocycles. The minimum absolute atomic E-state index is 0.0319. The molecule has 0 aliphatic rings. The fourth-order valence-electron chi connectivity index (χ4n) is 3.37. The van der Waals surface area contributed by atoms with Gasteiger partial charge in [0.05, 0.1) is 11.8 Å². The van der Waals surface area contributed by atoms with Crippen molar-refractivity contribution in [2.45, 2.75) is 33.1 Å². The van der Waals surface area contributed by atoms with Gasteiger partial charge >= 0.3 is 0 Å². The van der Waals surface area contributed by atoms with Crippen molar-refractivity contribution < 1.29 is 13.5 Å². The molecule has 0 atom stereocenters. The van der Waals surface area contributed by atoms with Gasteiger partial charge in [0.1, 0.15) is 5.75 Å². The number of aromatic nitrogens is 1. The Hall–Kier alpha value is -3.32. The minimum Gasteiger partial charge on any atom is -0.507 e. The summed E-state index contributed by atoms with van der Waals surface area (Å²) < 4.78 is 25.3. The van der Waals surface area contributed by atoms with Gasteiger partial charge in [-0.25, -0.2) is 8.42 Å². The molecule has 0 fully saturated rings. The Kier molecular flexibility index (Phi) is 6.32. The van der Waals surface area contributed by atoms with Crippen LogP contribution < -0.4 is 10.3 Å². The van der Waals surface area contributed by atoms with Crippen LogP contribution in [0.15, 0.2) is 59.5 Å². The van der Waals surface area contributed by atoms with Crippen molar-refractivity contribution in [3.05, 3.63) is 81.8 Å². The average molecular weight is 453 g/mol. The van der Waals surface area contributed by atoms with Gasteiger partial charge in [0.15, 0.2) is 0 Å². The molecule has 1 heterocycles. The van der Waals surface area contributed by atoms with Gasteiger partial charge in [0, 0.05) is 23.0 Å². The highest BCUT2D eigenvalue weighted by atomic mass is 32.2. The van der Waals surface area contributed by atoms with Gasteiger partial charge in [-0.05, 0) is 71.5 Å². The Morgan fingerprint density at radius 1 is 1.06 bits per heavy atom. The Morgan fingerprint density at radius 2 is 1.72 bits per heavy atom. The van der Waals surface area contributed by atoms with Gasteiger partial charge in [-0.2, -0.15) is 0 Å². The molecule has 1 aromatic heterocycles. The Labute approximate surface area is 188 Å². The summed E-state index contributed by atoms with van der Waals surface area (Å²) in [5.41, 5.74) is 4.24. The molecule has 0 aliphatic carbocycles. The summed E-state index contributed by atoms with van der Waals surface area (Å²) in [6.45, 7) is 8.14. The molecule has 0 saturated carbocycles. The van der Waals surface area contributed by atoms with Crippen LogP contribution in [0.1, 0.15) is 44.4 Å². The highest BCUT2D eigenvalue weighted by Crippen LogP contribution is 2.37. The van der Waals surface area contributed by atoms with Gasteiger partial charge in [0.25, 0.3) is 5.56 Å². The van der Waals surface area contributed by atoms with Crippen LogP contribution in [0, 0.1) is 0 Å². The molecule has 0 saturated heterocycles. The fourth-order valence-corrected chi connectivity index (χ4v) is 3.93. The number of H-pyrrole nitrogens is 1. The smallest absolute Gasteiger partial charge is 0.255 e. The summed E-state index contributed by atoms with van der Waals surface area (Å²) in [4.78, 5) is 15.0. The molecule has 0 aliphatic heterocycles. The predicted octanol–water partition coefficient (Wildman–Crippen LogP) is 4.98. The number of allylic oxidation sites excluding steroid dienone is 1. The number of anilines is 1. The number of pyridine rings is 1. The van der Waals surface area contributed by atoms with Crippen molar-refractivity contribution in [1.29, 1.82) is 0 Å². The number of rotatable bonds is 5. The number of phenols is 1. The number of aromatic hydroxyl groups is 1. The molecule has 32 heavy (non-hydrogen) atoms. The van der Waals surface area contributed by atoms with Crippen molar-refractivity contribution in [2.24, 2.45) is 0 Å². The van der Waals surface area contributed by atoms with Crippen LogP contribution in [0.5, 0.6) is 5.75 Å². The first-order valence-electron chi connectivity index (χ1n) is 10.2. The number of hydrogen-bond donors (Lipinski definition) is 3. The monoisotopic (exact) mass is 452 g/mol. The lowest BCUT2D eigenvalue weighted by molar-refractivity contribution is 0.474. The first-order valence-corrected chi connectivity index (χ1v) is 12.1. The second-order valence-corrected chi connectivity index (χ2v) is 10.7. The third kappa shape index (κ3) is 5.48. The normalized spacial score (nSPS) is 12.6. The van der Waals surface area contributed by atoms with Gasteiger partial charge in [0.2, 0.25) is 10.0 Å². The van der Waals surface area contributed by atoms with Crippen LogP contribution in [-0.4, -0.2) is 24.8 Å². The summed E-state index contributed by atoms with van der Waals surface area (Å²) in [5.74, 6) is 0.0319. The zero-order valence-corrected chi connectivity index (χ0v) is 19.7. The van der Waals surface area contributed by atoms with Crippen molar-refractivity contribution in [3.63, 3.8) is 0 Å². The van der Waals surface area contributed by atoms with Crippen molar-refractivity contribution in [1.82, 2.24) is 4.98 Å². The highest BCUT2D eigenvalue weighted by Gasteiger charge is 2.20. The predicted molar refractivity (Wildman–Crippen MR) is 131 cm³/mol. The van der Waals surface area contributed by atoms with E-state index in [1.807, 2.05) is 37.3 Å². The van der Waals surface area contributed by atoms with E-state index in [2.05, 4.69) is 30.5 Å². The average Bonchev–Trinajstić information content (AvgIpc) is 2.68. The third-order valence-corrected chi connectivity index (χ3v) is 5.74. The maximum Gasteiger partial charge on any atom is 0.255 e. The lowest BCUT2D eigenvalue weighted by Crippen LogP contribution is -2.13. The quantitative estimate of drug-likeness (QED) is 0.476. The van der Waals surface area contributed by atoms with Crippen LogP contribution >= 0.6 is 0 Å². The fraction of sp³-hybridized carbons (Fsp3) is 0.240. The van der Waals surface area contributed by atoms with E-state index in [-0.39, 0.29) is 16.7 Å². The largest absolute Gasteiger partial charge is 0.507 e. The molecule has 7 heteroatoms. The van der Waals surface area contributed by atoms with E-state index in [4.69, 9.17) is 0 Å². The Balaban J connectivity index is 2.10. The first kappa shape index (κ1) is 23.3. The highest BCUT2D eigenvalue weighted by molar-refractivity contribution is 7.92. The van der Waals surface area contributed by atoms with Crippen molar-refractivity contribution in [2.75, 3.05) is 11.0 Å². The summed E-state index contributed by atoms with van der Waals surface area (Å²) in [7, 11) is -3.34. The van der Waals surface area contributed by atoms with E-state index in [1.165, 1.54) is 0 Å². The maximum atomic E-state index is 12.4. The van der Waals surface area contributed by atoms with E-state index in [1.54, 1.807) is 30.5 Å². The zero-order valence-electron chi connectivity index (χ0n) is 18.9. The van der Waals surface area contributed by atoms with Gasteiger partial charge < -0.3 is 10.1 Å². The molecule has 3 rings (SSSR count). The topological polar surface area (TPSA) is 99.3 Å². The van der Waals surface area contributed by atoms with Crippen LogP contribution in [0.4, 0.5) is 5.69 Å². The molecular formula is C25H28N2O4S. The van der Waals surface area contributed by atoms with E-state index >= 15 is 0 Å². The number of sulfonamides is 1. The number of hydrogen-bond acceptors (Lipinski definition) is 4. The third-order valence-electron chi connectivity index (χ3n) is 5.13. The van der Waals surface area contributed by atoms with Crippen LogP contribution in [0.3, 0.4) is 0 Å². The molecule has 0 spiro atoms. The summed E-state index contributed by atoms with van der Waals surface area (Å²) >= 11 is 0.